The Labute approximate surface area is 94.3 Å². The monoisotopic (exact) mass is 216 g/mol. The number of aromatic nitrogens is 2. The highest BCUT2D eigenvalue weighted by Gasteiger charge is 2.14. The van der Waals surface area contributed by atoms with E-state index in [9.17, 15) is 0 Å². The summed E-state index contributed by atoms with van der Waals surface area (Å²) >= 11 is 0. The summed E-state index contributed by atoms with van der Waals surface area (Å²) in [4.78, 5) is 0. The van der Waals surface area contributed by atoms with Crippen molar-refractivity contribution >= 4 is 12.6 Å². The summed E-state index contributed by atoms with van der Waals surface area (Å²) < 4.78 is 1.66. The van der Waals surface area contributed by atoms with Crippen molar-refractivity contribution in [3.05, 3.63) is 42.2 Å². The SMILES string of the molecule is CCc1ccccc1-n1cc(B(O)O)cn1. The zero-order chi connectivity index (χ0) is 11.5. The molecule has 5 heteroatoms. The van der Waals surface area contributed by atoms with E-state index in [0.29, 0.717) is 5.46 Å². The van der Waals surface area contributed by atoms with Crippen molar-refractivity contribution in [2.75, 3.05) is 0 Å². The first kappa shape index (κ1) is 10.9. The number of nitrogens with zero attached hydrogens (tertiary/aromatic N) is 2. The Hall–Kier alpha value is -1.59. The number of para-hydroxylation sites is 1. The maximum absolute atomic E-state index is 9.01. The summed E-state index contributed by atoms with van der Waals surface area (Å²) in [6, 6.07) is 7.91. The predicted molar refractivity (Wildman–Crippen MR) is 62.8 cm³/mol. The quantitative estimate of drug-likeness (QED) is 0.716. The molecule has 82 valence electrons. The standard InChI is InChI=1S/C11H13BN2O2/c1-2-9-5-3-4-6-11(9)14-8-10(7-13-14)12(15)16/h3-8,15-16H,2H2,1H3. The lowest BCUT2D eigenvalue weighted by Crippen LogP contribution is -2.28. The van der Waals surface area contributed by atoms with E-state index in [1.54, 1.807) is 10.9 Å². The predicted octanol–water partition coefficient (Wildman–Crippen LogP) is 0.114. The van der Waals surface area contributed by atoms with Crippen LogP contribution in [-0.4, -0.2) is 26.9 Å². The Bertz CT molecular complexity index is 482. The largest absolute Gasteiger partial charge is 0.491 e. The Morgan fingerprint density at radius 3 is 2.69 bits per heavy atom. The highest BCUT2D eigenvalue weighted by Crippen LogP contribution is 2.13. The molecule has 0 aliphatic carbocycles. The normalized spacial score (nSPS) is 10.4. The molecule has 0 atom stereocenters. The lowest BCUT2D eigenvalue weighted by molar-refractivity contribution is 0.426. The molecule has 0 spiro atoms. The van der Waals surface area contributed by atoms with Crippen LogP contribution in [0.15, 0.2) is 36.7 Å². The van der Waals surface area contributed by atoms with Gasteiger partial charge in [0.1, 0.15) is 0 Å². The van der Waals surface area contributed by atoms with Crippen molar-refractivity contribution < 1.29 is 10.0 Å². The number of rotatable bonds is 3. The summed E-state index contributed by atoms with van der Waals surface area (Å²) in [5.74, 6) is 0. The van der Waals surface area contributed by atoms with Gasteiger partial charge in [0.25, 0.3) is 0 Å². The van der Waals surface area contributed by atoms with Crippen LogP contribution >= 0.6 is 0 Å². The van der Waals surface area contributed by atoms with Crippen LogP contribution in [0.4, 0.5) is 0 Å². The summed E-state index contributed by atoms with van der Waals surface area (Å²) in [5, 5.41) is 22.1. The second kappa shape index (κ2) is 4.51. The summed E-state index contributed by atoms with van der Waals surface area (Å²) in [6.45, 7) is 2.07. The molecule has 4 nitrogen and oxygen atoms in total. The Kier molecular flexibility index (Phi) is 3.08. The van der Waals surface area contributed by atoms with E-state index < -0.39 is 7.12 Å². The fourth-order valence-electron chi connectivity index (χ4n) is 1.64. The minimum absolute atomic E-state index is 0.394. The highest BCUT2D eigenvalue weighted by molar-refractivity contribution is 6.58. The molecule has 2 N–H and O–H groups in total. The molecule has 0 amide bonds. The van der Waals surface area contributed by atoms with Crippen LogP contribution < -0.4 is 5.46 Å². The van der Waals surface area contributed by atoms with Gasteiger partial charge >= 0.3 is 7.12 Å². The molecule has 0 unspecified atom stereocenters. The number of aryl methyl sites for hydroxylation is 1. The fraction of sp³-hybridized carbons (Fsp3) is 0.182. The molecule has 2 aromatic rings. The molecule has 2 rings (SSSR count). The molecule has 0 radical (unpaired) electrons. The van der Waals surface area contributed by atoms with Gasteiger partial charge in [-0.1, -0.05) is 25.1 Å². The zero-order valence-electron chi connectivity index (χ0n) is 9.04. The van der Waals surface area contributed by atoms with Gasteiger partial charge in [0.15, 0.2) is 0 Å². The van der Waals surface area contributed by atoms with Crippen LogP contribution in [0.25, 0.3) is 5.69 Å². The number of hydrogen-bond acceptors (Lipinski definition) is 3. The van der Waals surface area contributed by atoms with Crippen LogP contribution in [-0.2, 0) is 6.42 Å². The van der Waals surface area contributed by atoms with Crippen molar-refractivity contribution in [1.29, 1.82) is 0 Å². The average Bonchev–Trinajstić information content (AvgIpc) is 2.78. The molecule has 0 aliphatic rings. The van der Waals surface area contributed by atoms with Gasteiger partial charge < -0.3 is 10.0 Å². The number of benzene rings is 1. The summed E-state index contributed by atoms with van der Waals surface area (Å²) in [5.41, 5.74) is 2.53. The van der Waals surface area contributed by atoms with Gasteiger partial charge in [-0.05, 0) is 18.1 Å². The van der Waals surface area contributed by atoms with E-state index in [1.807, 2.05) is 24.3 Å². The van der Waals surface area contributed by atoms with E-state index in [-0.39, 0.29) is 0 Å². The van der Waals surface area contributed by atoms with Crippen molar-refractivity contribution in [3.8, 4) is 5.69 Å². The molecule has 16 heavy (non-hydrogen) atoms. The summed E-state index contributed by atoms with van der Waals surface area (Å²) in [7, 11) is -1.47. The molecule has 1 aromatic carbocycles. The molecule has 1 aromatic heterocycles. The van der Waals surface area contributed by atoms with Crippen LogP contribution in [0.2, 0.25) is 0 Å². The van der Waals surface area contributed by atoms with Crippen molar-refractivity contribution in [2.24, 2.45) is 0 Å². The average molecular weight is 216 g/mol. The van der Waals surface area contributed by atoms with E-state index in [0.717, 1.165) is 12.1 Å². The molecule has 0 saturated heterocycles. The zero-order valence-corrected chi connectivity index (χ0v) is 9.04. The first-order valence-corrected chi connectivity index (χ1v) is 5.21. The minimum Gasteiger partial charge on any atom is -0.423 e. The van der Waals surface area contributed by atoms with Crippen LogP contribution in [0, 0.1) is 0 Å². The minimum atomic E-state index is -1.47. The third-order valence-corrected chi connectivity index (χ3v) is 2.52. The van der Waals surface area contributed by atoms with Gasteiger partial charge in [-0.15, -0.1) is 0 Å². The van der Waals surface area contributed by atoms with Gasteiger partial charge in [-0.25, -0.2) is 4.68 Å². The molecular formula is C11H13BN2O2. The van der Waals surface area contributed by atoms with Crippen LogP contribution in [0.5, 0.6) is 0 Å². The van der Waals surface area contributed by atoms with Crippen molar-refractivity contribution in [1.82, 2.24) is 9.78 Å². The second-order valence-electron chi connectivity index (χ2n) is 3.57. The van der Waals surface area contributed by atoms with Gasteiger partial charge in [-0.2, -0.15) is 5.10 Å². The topological polar surface area (TPSA) is 58.3 Å². The second-order valence-corrected chi connectivity index (χ2v) is 3.57. The third kappa shape index (κ3) is 2.00. The maximum atomic E-state index is 9.01. The lowest BCUT2D eigenvalue weighted by Gasteiger charge is -2.06. The smallest absolute Gasteiger partial charge is 0.423 e. The molecular weight excluding hydrogens is 203 g/mol. The molecule has 0 aliphatic heterocycles. The van der Waals surface area contributed by atoms with Gasteiger partial charge in [0, 0.05) is 17.9 Å². The first-order chi connectivity index (χ1) is 7.72. The Morgan fingerprint density at radius 1 is 1.31 bits per heavy atom. The lowest BCUT2D eigenvalue weighted by atomic mass is 9.83. The molecule has 0 bridgehead atoms. The van der Waals surface area contributed by atoms with Gasteiger partial charge in [0.05, 0.1) is 5.69 Å². The number of hydrogen-bond donors (Lipinski definition) is 2. The summed E-state index contributed by atoms with van der Waals surface area (Å²) in [6.07, 6.45) is 3.99. The Morgan fingerprint density at radius 2 is 2.06 bits per heavy atom. The van der Waals surface area contributed by atoms with Gasteiger partial charge in [-0.3, -0.25) is 0 Å². The van der Waals surface area contributed by atoms with E-state index in [2.05, 4.69) is 12.0 Å². The van der Waals surface area contributed by atoms with Crippen LogP contribution in [0.3, 0.4) is 0 Å². The third-order valence-electron chi connectivity index (χ3n) is 2.52. The van der Waals surface area contributed by atoms with E-state index in [4.69, 9.17) is 10.0 Å². The van der Waals surface area contributed by atoms with Crippen LogP contribution in [0.1, 0.15) is 12.5 Å². The van der Waals surface area contributed by atoms with E-state index >= 15 is 0 Å². The maximum Gasteiger partial charge on any atom is 0.491 e. The molecule has 1 heterocycles. The fourth-order valence-corrected chi connectivity index (χ4v) is 1.64. The highest BCUT2D eigenvalue weighted by atomic mass is 16.4. The van der Waals surface area contributed by atoms with Crippen molar-refractivity contribution in [2.45, 2.75) is 13.3 Å². The van der Waals surface area contributed by atoms with E-state index in [1.165, 1.54) is 11.8 Å². The molecule has 0 saturated carbocycles. The van der Waals surface area contributed by atoms with Gasteiger partial charge in [0.2, 0.25) is 0 Å². The van der Waals surface area contributed by atoms with Crippen molar-refractivity contribution in [3.63, 3.8) is 0 Å². The molecule has 0 fully saturated rings. The first-order valence-electron chi connectivity index (χ1n) is 5.21. The Balaban J connectivity index is 2.42.